The Morgan fingerprint density at radius 2 is 1.85 bits per heavy atom. The molecule has 1 aliphatic rings. The molecule has 0 fully saturated rings. The average Bonchev–Trinajstić information content (AvgIpc) is 3.53. The number of amides is 1. The van der Waals surface area contributed by atoms with Crippen molar-refractivity contribution in [3.63, 3.8) is 0 Å². The number of fused-ring (bicyclic) bond motifs is 1. The zero-order chi connectivity index (χ0) is 23.3. The number of rotatable bonds is 8. The normalized spacial score (nSPS) is 15.6. The van der Waals surface area contributed by atoms with Crippen LogP contribution in [0.5, 0.6) is 0 Å². The third-order valence-corrected chi connectivity index (χ3v) is 6.84. The Hall–Kier alpha value is -3.49. The van der Waals surface area contributed by atoms with Crippen LogP contribution < -0.4 is 0 Å². The summed E-state index contributed by atoms with van der Waals surface area (Å²) in [5, 5.41) is 17.6. The van der Waals surface area contributed by atoms with E-state index in [2.05, 4.69) is 52.7 Å². The Morgan fingerprint density at radius 1 is 1.06 bits per heavy atom. The van der Waals surface area contributed by atoms with Crippen LogP contribution in [0.1, 0.15) is 23.6 Å². The van der Waals surface area contributed by atoms with Crippen LogP contribution in [0.3, 0.4) is 0 Å². The summed E-state index contributed by atoms with van der Waals surface area (Å²) in [5.74, 6) is 0.166. The van der Waals surface area contributed by atoms with Crippen LogP contribution in [0.2, 0.25) is 0 Å². The fourth-order valence-corrected chi connectivity index (χ4v) is 4.90. The van der Waals surface area contributed by atoms with Gasteiger partial charge >= 0.3 is 0 Å². The number of hydrazone groups is 1. The van der Waals surface area contributed by atoms with Gasteiger partial charge in [-0.05, 0) is 28.0 Å². The number of carbonyl (C=O) groups excluding carboxylic acids is 1. The van der Waals surface area contributed by atoms with E-state index in [0.29, 0.717) is 24.7 Å². The molecule has 0 bridgehead atoms. The minimum absolute atomic E-state index is 0.0593. The first-order valence-electron chi connectivity index (χ1n) is 11.2. The largest absolute Gasteiger partial charge is 0.383 e. The molecule has 3 aromatic carbocycles. The highest BCUT2D eigenvalue weighted by Crippen LogP contribution is 2.34. The van der Waals surface area contributed by atoms with Gasteiger partial charge in [-0.3, -0.25) is 4.79 Å². The Kier molecular flexibility index (Phi) is 6.69. The Morgan fingerprint density at radius 3 is 2.68 bits per heavy atom. The third-order valence-electron chi connectivity index (χ3n) is 5.87. The van der Waals surface area contributed by atoms with Gasteiger partial charge in [0.25, 0.3) is 5.91 Å². The summed E-state index contributed by atoms with van der Waals surface area (Å²) < 4.78 is 7.03. The van der Waals surface area contributed by atoms with Crippen molar-refractivity contribution in [3.05, 3.63) is 90.3 Å². The molecule has 0 saturated carbocycles. The summed E-state index contributed by atoms with van der Waals surface area (Å²) in [6.45, 7) is 1.20. The van der Waals surface area contributed by atoms with Crippen molar-refractivity contribution in [1.29, 1.82) is 0 Å². The summed E-state index contributed by atoms with van der Waals surface area (Å²) in [4.78, 5) is 13.4. The molecule has 0 aliphatic carbocycles. The molecule has 1 amide bonds. The lowest BCUT2D eigenvalue weighted by molar-refractivity contribution is -0.130. The lowest BCUT2D eigenvalue weighted by Crippen LogP contribution is -2.28. The maximum atomic E-state index is 13.4. The van der Waals surface area contributed by atoms with E-state index in [1.165, 1.54) is 17.1 Å². The van der Waals surface area contributed by atoms with Gasteiger partial charge < -0.3 is 9.30 Å². The summed E-state index contributed by atoms with van der Waals surface area (Å²) in [6.07, 6.45) is 2.33. The summed E-state index contributed by atoms with van der Waals surface area (Å²) in [5.41, 5.74) is 3.03. The van der Waals surface area contributed by atoms with Gasteiger partial charge in [-0.1, -0.05) is 78.5 Å². The number of thioether (sulfide) groups is 1. The van der Waals surface area contributed by atoms with Gasteiger partial charge in [0.05, 0.1) is 24.1 Å². The molecule has 8 heteroatoms. The molecule has 7 nitrogen and oxygen atoms in total. The summed E-state index contributed by atoms with van der Waals surface area (Å²) in [6, 6.07) is 24.6. The molecule has 4 aromatic rings. The second kappa shape index (κ2) is 10.2. The molecule has 172 valence electrons. The quantitative estimate of drug-likeness (QED) is 0.353. The van der Waals surface area contributed by atoms with Crippen molar-refractivity contribution in [2.45, 2.75) is 24.2 Å². The number of methoxy groups -OCH3 is 1. The van der Waals surface area contributed by atoms with Crippen LogP contribution in [0.25, 0.3) is 10.8 Å². The van der Waals surface area contributed by atoms with Crippen LogP contribution >= 0.6 is 11.8 Å². The van der Waals surface area contributed by atoms with Crippen LogP contribution in [0.4, 0.5) is 0 Å². The fourth-order valence-electron chi connectivity index (χ4n) is 4.11. The third kappa shape index (κ3) is 4.73. The predicted molar refractivity (Wildman–Crippen MR) is 134 cm³/mol. The zero-order valence-corrected chi connectivity index (χ0v) is 19.7. The molecule has 1 atom stereocenters. The topological polar surface area (TPSA) is 72.6 Å². The molecular weight excluding hydrogens is 446 g/mol. The Balaban J connectivity index is 1.39. The van der Waals surface area contributed by atoms with Gasteiger partial charge in [0.2, 0.25) is 0 Å². The van der Waals surface area contributed by atoms with Gasteiger partial charge in [0.1, 0.15) is 6.33 Å². The minimum Gasteiger partial charge on any atom is -0.383 e. The maximum absolute atomic E-state index is 13.4. The highest BCUT2D eigenvalue weighted by atomic mass is 32.2. The standard InChI is InChI=1S/C26H25N5O2S/c1-33-14-13-30-18-27-28-26(30)34-17-25(32)31-24(20-8-3-2-4-9-20)16-23(29-31)22-12-11-19-7-5-6-10-21(19)15-22/h2-12,15,18,24H,13-14,16-17H2,1H3. The lowest BCUT2D eigenvalue weighted by Gasteiger charge is -2.21. The van der Waals surface area contributed by atoms with Crippen LogP contribution in [0, 0.1) is 0 Å². The van der Waals surface area contributed by atoms with E-state index in [-0.39, 0.29) is 17.7 Å². The molecule has 1 aliphatic heterocycles. The number of nitrogens with zero attached hydrogens (tertiary/aromatic N) is 5. The van der Waals surface area contributed by atoms with Crippen molar-refractivity contribution in [2.24, 2.45) is 5.10 Å². The summed E-state index contributed by atoms with van der Waals surface area (Å²) in [7, 11) is 1.66. The van der Waals surface area contributed by atoms with E-state index in [9.17, 15) is 4.79 Å². The molecule has 0 N–H and O–H groups in total. The number of benzene rings is 3. The average molecular weight is 472 g/mol. The number of aromatic nitrogens is 3. The molecule has 2 heterocycles. The number of hydrogen-bond donors (Lipinski definition) is 0. The Bertz CT molecular complexity index is 1320. The van der Waals surface area contributed by atoms with Gasteiger partial charge in [-0.2, -0.15) is 5.10 Å². The second-order valence-electron chi connectivity index (χ2n) is 8.07. The minimum atomic E-state index is -0.137. The first kappa shape index (κ1) is 22.3. The monoisotopic (exact) mass is 471 g/mol. The summed E-state index contributed by atoms with van der Waals surface area (Å²) >= 11 is 1.37. The van der Waals surface area contributed by atoms with Crippen molar-refractivity contribution >= 4 is 34.2 Å². The van der Waals surface area contributed by atoms with Crippen LogP contribution in [-0.2, 0) is 16.1 Å². The maximum Gasteiger partial charge on any atom is 0.253 e. The molecule has 0 radical (unpaired) electrons. The highest BCUT2D eigenvalue weighted by Gasteiger charge is 2.33. The highest BCUT2D eigenvalue weighted by molar-refractivity contribution is 7.99. The number of hydrogen-bond acceptors (Lipinski definition) is 6. The molecule has 1 unspecified atom stereocenters. The second-order valence-corrected chi connectivity index (χ2v) is 9.01. The number of carbonyl (C=O) groups is 1. The first-order chi connectivity index (χ1) is 16.7. The smallest absolute Gasteiger partial charge is 0.253 e. The molecule has 1 aromatic heterocycles. The van der Waals surface area contributed by atoms with Crippen molar-refractivity contribution < 1.29 is 9.53 Å². The van der Waals surface area contributed by atoms with Gasteiger partial charge in [-0.25, -0.2) is 5.01 Å². The van der Waals surface area contributed by atoms with Gasteiger partial charge in [-0.15, -0.1) is 10.2 Å². The van der Waals surface area contributed by atoms with Gasteiger partial charge in [0.15, 0.2) is 5.16 Å². The first-order valence-corrected chi connectivity index (χ1v) is 12.1. The van der Waals surface area contributed by atoms with Crippen molar-refractivity contribution in [2.75, 3.05) is 19.5 Å². The van der Waals surface area contributed by atoms with Crippen molar-refractivity contribution in [3.8, 4) is 0 Å². The van der Waals surface area contributed by atoms with Crippen LogP contribution in [0.15, 0.2) is 89.4 Å². The van der Waals surface area contributed by atoms with Gasteiger partial charge in [0, 0.05) is 20.1 Å². The van der Waals surface area contributed by atoms with E-state index >= 15 is 0 Å². The molecular formula is C26H25N5O2S. The fraction of sp³-hybridized carbons (Fsp3) is 0.231. The predicted octanol–water partition coefficient (Wildman–Crippen LogP) is 4.55. The van der Waals surface area contributed by atoms with E-state index < -0.39 is 0 Å². The van der Waals surface area contributed by atoms with E-state index in [4.69, 9.17) is 9.84 Å². The molecule has 5 rings (SSSR count). The molecule has 34 heavy (non-hydrogen) atoms. The molecule has 0 saturated heterocycles. The van der Waals surface area contributed by atoms with Crippen molar-refractivity contribution in [1.82, 2.24) is 19.8 Å². The van der Waals surface area contributed by atoms with E-state index in [0.717, 1.165) is 22.2 Å². The lowest BCUT2D eigenvalue weighted by atomic mass is 9.97. The van der Waals surface area contributed by atoms with E-state index in [1.807, 2.05) is 34.9 Å². The van der Waals surface area contributed by atoms with E-state index in [1.54, 1.807) is 18.4 Å². The Labute approximate surface area is 202 Å². The molecule has 0 spiro atoms. The van der Waals surface area contributed by atoms with Crippen LogP contribution in [-0.4, -0.2) is 50.9 Å². The number of ether oxygens (including phenoxy) is 1. The SMILES string of the molecule is COCCn1cnnc1SCC(=O)N1N=C(c2ccc3ccccc3c2)CC1c1ccccc1. The zero-order valence-electron chi connectivity index (χ0n) is 18.9.